The fourth-order valence-corrected chi connectivity index (χ4v) is 2.96. The minimum Gasteiger partial charge on any atom is -0.373 e. The van der Waals surface area contributed by atoms with Gasteiger partial charge in [-0.2, -0.15) is 0 Å². The standard InChI is InChI=1S/C15H22ClN3O/c1-10-4-6-12(7-5-10)19(3)15(20)11-8-13(16)18-14(9-11)17-2/h8-10,12H,4-7H2,1-3H3,(H,17,18). The van der Waals surface area contributed by atoms with E-state index in [0.29, 0.717) is 22.6 Å². The molecular weight excluding hydrogens is 274 g/mol. The number of pyridine rings is 1. The van der Waals surface area contributed by atoms with Crippen molar-refractivity contribution in [3.8, 4) is 0 Å². The third-order valence-corrected chi connectivity index (χ3v) is 4.34. The Bertz CT molecular complexity index is 484. The molecule has 0 spiro atoms. The van der Waals surface area contributed by atoms with Crippen molar-refractivity contribution >= 4 is 23.3 Å². The molecule has 0 radical (unpaired) electrons. The average molecular weight is 296 g/mol. The number of carbonyl (C=O) groups is 1. The molecule has 1 aliphatic carbocycles. The van der Waals surface area contributed by atoms with Crippen LogP contribution in [0, 0.1) is 5.92 Å². The lowest BCUT2D eigenvalue weighted by atomic mass is 9.86. The normalized spacial score (nSPS) is 22.4. The zero-order chi connectivity index (χ0) is 14.7. The van der Waals surface area contributed by atoms with E-state index in [4.69, 9.17) is 11.6 Å². The second-order valence-electron chi connectivity index (χ2n) is 5.64. The maximum atomic E-state index is 12.6. The third kappa shape index (κ3) is 3.42. The number of hydrogen-bond donors (Lipinski definition) is 1. The second kappa shape index (κ2) is 6.44. The highest BCUT2D eigenvalue weighted by atomic mass is 35.5. The Labute approximate surface area is 125 Å². The summed E-state index contributed by atoms with van der Waals surface area (Å²) in [4.78, 5) is 18.5. The summed E-state index contributed by atoms with van der Waals surface area (Å²) >= 11 is 5.96. The maximum absolute atomic E-state index is 12.6. The third-order valence-electron chi connectivity index (χ3n) is 4.15. The Morgan fingerprint density at radius 2 is 2.00 bits per heavy atom. The van der Waals surface area contributed by atoms with Crippen LogP contribution < -0.4 is 5.32 Å². The molecule has 0 aliphatic heterocycles. The summed E-state index contributed by atoms with van der Waals surface area (Å²) in [6.07, 6.45) is 4.56. The van der Waals surface area contributed by atoms with E-state index >= 15 is 0 Å². The summed E-state index contributed by atoms with van der Waals surface area (Å²) in [5, 5.41) is 3.26. The van der Waals surface area contributed by atoms with Crippen LogP contribution in [0.4, 0.5) is 5.82 Å². The van der Waals surface area contributed by atoms with E-state index in [2.05, 4.69) is 17.2 Å². The molecular formula is C15H22ClN3O. The molecule has 2 rings (SSSR count). The van der Waals surface area contributed by atoms with E-state index in [1.54, 1.807) is 19.2 Å². The number of rotatable bonds is 3. The van der Waals surface area contributed by atoms with E-state index in [1.807, 2.05) is 11.9 Å². The Morgan fingerprint density at radius 3 is 2.60 bits per heavy atom. The zero-order valence-corrected chi connectivity index (χ0v) is 13.1. The molecule has 1 aromatic rings. The van der Waals surface area contributed by atoms with Crippen molar-refractivity contribution in [2.24, 2.45) is 5.92 Å². The molecule has 0 aromatic carbocycles. The van der Waals surface area contributed by atoms with Crippen molar-refractivity contribution in [2.45, 2.75) is 38.6 Å². The molecule has 0 atom stereocenters. The fourth-order valence-electron chi connectivity index (χ4n) is 2.75. The predicted molar refractivity (Wildman–Crippen MR) is 82.3 cm³/mol. The lowest BCUT2D eigenvalue weighted by Crippen LogP contribution is -2.39. The van der Waals surface area contributed by atoms with Gasteiger partial charge in [-0.05, 0) is 43.7 Å². The minimum atomic E-state index is 0.0188. The largest absolute Gasteiger partial charge is 0.373 e. The molecule has 1 amide bonds. The highest BCUT2D eigenvalue weighted by Crippen LogP contribution is 2.27. The molecule has 0 bridgehead atoms. The van der Waals surface area contributed by atoms with Gasteiger partial charge in [0.15, 0.2) is 0 Å². The summed E-state index contributed by atoms with van der Waals surface area (Å²) < 4.78 is 0. The van der Waals surface area contributed by atoms with Crippen molar-refractivity contribution in [1.29, 1.82) is 0 Å². The molecule has 1 heterocycles. The van der Waals surface area contributed by atoms with Gasteiger partial charge in [-0.3, -0.25) is 4.79 Å². The van der Waals surface area contributed by atoms with Gasteiger partial charge in [-0.1, -0.05) is 18.5 Å². The van der Waals surface area contributed by atoms with Gasteiger partial charge in [0.2, 0.25) is 0 Å². The number of amides is 1. The monoisotopic (exact) mass is 295 g/mol. The van der Waals surface area contributed by atoms with Gasteiger partial charge in [-0.25, -0.2) is 4.98 Å². The van der Waals surface area contributed by atoms with Crippen LogP contribution in [0.5, 0.6) is 0 Å². The summed E-state index contributed by atoms with van der Waals surface area (Å²) in [5.74, 6) is 1.41. The molecule has 0 unspecified atom stereocenters. The Morgan fingerprint density at radius 1 is 1.35 bits per heavy atom. The lowest BCUT2D eigenvalue weighted by molar-refractivity contribution is 0.0679. The van der Waals surface area contributed by atoms with Gasteiger partial charge in [0.05, 0.1) is 0 Å². The van der Waals surface area contributed by atoms with Gasteiger partial charge in [0, 0.05) is 25.7 Å². The maximum Gasteiger partial charge on any atom is 0.254 e. The number of aromatic nitrogens is 1. The van der Waals surface area contributed by atoms with Crippen molar-refractivity contribution in [3.63, 3.8) is 0 Å². The second-order valence-corrected chi connectivity index (χ2v) is 6.03. The number of halogens is 1. The molecule has 4 nitrogen and oxygen atoms in total. The summed E-state index contributed by atoms with van der Waals surface area (Å²) in [7, 11) is 3.65. The number of anilines is 1. The summed E-state index contributed by atoms with van der Waals surface area (Å²) in [6.45, 7) is 2.28. The molecule has 20 heavy (non-hydrogen) atoms. The SMILES string of the molecule is CNc1cc(C(=O)N(C)C2CCC(C)CC2)cc(Cl)n1. The highest BCUT2D eigenvalue weighted by Gasteiger charge is 2.25. The van der Waals surface area contributed by atoms with Crippen LogP contribution in [0.15, 0.2) is 12.1 Å². The first-order chi connectivity index (χ1) is 9.51. The first kappa shape index (κ1) is 15.1. The van der Waals surface area contributed by atoms with E-state index < -0.39 is 0 Å². The van der Waals surface area contributed by atoms with Gasteiger partial charge < -0.3 is 10.2 Å². The predicted octanol–water partition coefficient (Wildman–Crippen LogP) is 3.43. The van der Waals surface area contributed by atoms with Crippen LogP contribution in [0.25, 0.3) is 0 Å². The highest BCUT2D eigenvalue weighted by molar-refractivity contribution is 6.29. The van der Waals surface area contributed by atoms with Crippen molar-refractivity contribution in [2.75, 3.05) is 19.4 Å². The quantitative estimate of drug-likeness (QED) is 0.869. The van der Waals surface area contributed by atoms with Crippen LogP contribution >= 0.6 is 11.6 Å². The molecule has 1 N–H and O–H groups in total. The molecule has 110 valence electrons. The number of carbonyl (C=O) groups excluding carboxylic acids is 1. The first-order valence-electron chi connectivity index (χ1n) is 7.13. The van der Waals surface area contributed by atoms with E-state index in [9.17, 15) is 4.79 Å². The van der Waals surface area contributed by atoms with Gasteiger partial charge in [0.1, 0.15) is 11.0 Å². The van der Waals surface area contributed by atoms with Gasteiger partial charge in [-0.15, -0.1) is 0 Å². The lowest BCUT2D eigenvalue weighted by Gasteiger charge is -2.33. The number of nitrogens with one attached hydrogen (secondary N) is 1. The summed E-state index contributed by atoms with van der Waals surface area (Å²) in [5.41, 5.74) is 0.593. The molecule has 5 heteroatoms. The smallest absolute Gasteiger partial charge is 0.254 e. The molecule has 1 fully saturated rings. The van der Waals surface area contributed by atoms with Crippen molar-refractivity contribution in [3.05, 3.63) is 22.8 Å². The first-order valence-corrected chi connectivity index (χ1v) is 7.51. The molecule has 1 aliphatic rings. The van der Waals surface area contributed by atoms with E-state index in [-0.39, 0.29) is 5.91 Å². The topological polar surface area (TPSA) is 45.2 Å². The van der Waals surface area contributed by atoms with E-state index in [1.165, 1.54) is 12.8 Å². The molecule has 0 saturated heterocycles. The van der Waals surface area contributed by atoms with Gasteiger partial charge in [0.25, 0.3) is 5.91 Å². The fraction of sp³-hybridized carbons (Fsp3) is 0.600. The van der Waals surface area contributed by atoms with E-state index in [0.717, 1.165) is 18.8 Å². The van der Waals surface area contributed by atoms with Crippen LogP contribution in [-0.2, 0) is 0 Å². The zero-order valence-electron chi connectivity index (χ0n) is 12.3. The molecule has 1 saturated carbocycles. The van der Waals surface area contributed by atoms with Crippen molar-refractivity contribution in [1.82, 2.24) is 9.88 Å². The number of nitrogens with zero attached hydrogens (tertiary/aromatic N) is 2. The van der Waals surface area contributed by atoms with Crippen LogP contribution in [0.1, 0.15) is 43.0 Å². The average Bonchev–Trinajstić information content (AvgIpc) is 2.45. The minimum absolute atomic E-state index is 0.0188. The van der Waals surface area contributed by atoms with Crippen LogP contribution in [-0.4, -0.2) is 35.9 Å². The Hall–Kier alpha value is -1.29. The Kier molecular flexibility index (Phi) is 4.86. The van der Waals surface area contributed by atoms with Crippen LogP contribution in [0.3, 0.4) is 0 Å². The van der Waals surface area contributed by atoms with Gasteiger partial charge >= 0.3 is 0 Å². The number of hydrogen-bond acceptors (Lipinski definition) is 3. The molecule has 1 aromatic heterocycles. The summed E-state index contributed by atoms with van der Waals surface area (Å²) in [6, 6.07) is 3.71. The van der Waals surface area contributed by atoms with Crippen LogP contribution in [0.2, 0.25) is 5.15 Å². The van der Waals surface area contributed by atoms with Crippen molar-refractivity contribution < 1.29 is 4.79 Å². The Balaban J connectivity index is 2.12.